The zero-order valence-corrected chi connectivity index (χ0v) is 77.9. The van der Waals surface area contributed by atoms with Crippen LogP contribution < -0.4 is 82.0 Å². The van der Waals surface area contributed by atoms with Gasteiger partial charge in [0, 0.05) is 91.6 Å². The number of aromatic amines is 1. The smallest absolute Gasteiger partial charge is 0.305 e. The van der Waals surface area contributed by atoms with E-state index in [0.29, 0.717) is 0 Å². The van der Waals surface area contributed by atoms with Crippen molar-refractivity contribution in [2.24, 2.45) is 40.1 Å². The Balaban J connectivity index is 0.852. The second-order valence-electron chi connectivity index (χ2n) is 35.0. The number of nitrogens with zero attached hydrogens (tertiary/aromatic N) is 20. The molecule has 147 heavy (non-hydrogen) atoms. The second-order valence-corrected chi connectivity index (χ2v) is 35.0. The van der Waals surface area contributed by atoms with E-state index in [-0.39, 0.29) is 131 Å². The van der Waals surface area contributed by atoms with E-state index in [2.05, 4.69) is 109 Å². The molecule has 21 saturated heterocycles. The third-order valence-corrected chi connectivity index (χ3v) is 24.5. The molecule has 70 heteroatoms. The van der Waals surface area contributed by atoms with Crippen LogP contribution in [-0.2, 0) is 112 Å². The molecule has 7 aromatic heterocycles. The predicted molar refractivity (Wildman–Crippen MR) is 467 cm³/mol. The lowest BCUT2D eigenvalue weighted by molar-refractivity contribution is -0.762. The van der Waals surface area contributed by atoms with E-state index >= 15 is 0 Å². The van der Waals surface area contributed by atoms with Gasteiger partial charge in [0.1, 0.15) is 177 Å². The van der Waals surface area contributed by atoms with Gasteiger partial charge in [0.25, 0.3) is 35.4 Å². The molecule has 812 valence electrons. The summed E-state index contributed by atoms with van der Waals surface area (Å²) in [5.41, 5.74) is 37.5. The normalized spacial score (nSPS) is 34.3. The number of carbonyl (C=O) groups is 7. The van der Waals surface area contributed by atoms with Gasteiger partial charge in [-0.2, -0.15) is 4.68 Å². The summed E-state index contributed by atoms with van der Waals surface area (Å²) in [5.74, 6) is -5.54. The van der Waals surface area contributed by atoms with Crippen molar-refractivity contribution < 1.29 is 176 Å². The molecular formula is C77H120N35O35+. The molecule has 0 saturated carbocycles. The maximum absolute atomic E-state index is 13.4. The highest BCUT2D eigenvalue weighted by molar-refractivity contribution is 5.94. The molecule has 35 atom stereocenters. The van der Waals surface area contributed by atoms with Gasteiger partial charge < -0.3 is 215 Å². The van der Waals surface area contributed by atoms with Crippen LogP contribution in [0.5, 0.6) is 0 Å². The first-order chi connectivity index (χ1) is 70.7. The standard InChI is InChI=1S/C77H119N35O35/c78-1-8-85-64(127)29-15-106(99-92-29)22-36-57-43(113)50(120)71(134-36)142-58-37(23-107-16-30(93-100-107)65(128)86-9-2-79)136-73(52(122)45(58)115)144-60-39(25-109-18-32(95-102-109)67(130)88-11-4-81)138-75(54(124)47(60)117)146-62-41(27-111-20-34(97-104-111)69(132)90-13-6-83)140-77(56(126)49(62)119)147-63-42(28-112-21-35(98-105-112)70(133)91-14-7-84)139-76(55(125)48(63)118)145-61-40(26-110-19-33(96-103-110)68(131)89-12-5-82)137-74(53(123)46(61)116)143-59-38(135-72(141-57)51(121)44(59)114)24-108-17-31(94-101-108)66(129)87-10-3-80/h15-21,36-63,71-77,113-126H,1-14,22-28,78-84H2,(H7,85,86,87,88,89,90,91,127,128,129,130,131,132,133)/p+1/t36?,37?,38?,39?,40?,41?,42?,43-,44-,45-,46-,47-,48-,49-,50?,51?,52?,53?,54?,55?,56?,57-,58-,59-,60-,61-,62-,63-,71-,72-,73+,74+,75-,76+,77+/m1/s1. The lowest BCUT2D eigenvalue weighted by Gasteiger charge is -2.50. The van der Waals surface area contributed by atoms with Crippen molar-refractivity contribution in [3.63, 3.8) is 0 Å². The van der Waals surface area contributed by atoms with Crippen LogP contribution in [0.2, 0.25) is 0 Å². The number of H-pyrrole nitrogens is 1. The Bertz CT molecular complexity index is 4570. The molecule has 21 aliphatic heterocycles. The fourth-order valence-electron chi connectivity index (χ4n) is 17.1. The molecule has 14 unspecified atom stereocenters. The van der Waals surface area contributed by atoms with Gasteiger partial charge >= 0.3 is 11.6 Å². The molecule has 36 N–H and O–H groups in total. The second kappa shape index (κ2) is 50.0. The number of aliphatic hydroxyl groups is 14. The molecule has 0 radical (unpaired) electrons. The Labute approximate surface area is 827 Å². The van der Waals surface area contributed by atoms with Gasteiger partial charge in [0.05, 0.1) is 81.5 Å². The number of aliphatic hydroxyl groups excluding tert-OH is 14. The van der Waals surface area contributed by atoms with E-state index in [1.807, 2.05) is 0 Å². The summed E-state index contributed by atoms with van der Waals surface area (Å²) in [6.07, 6.45) is -70.5. The zero-order valence-electron chi connectivity index (χ0n) is 77.9. The van der Waals surface area contributed by atoms with E-state index < -0.39 is 302 Å². The number of amides is 7. The van der Waals surface area contributed by atoms with Crippen LogP contribution in [0.25, 0.3) is 0 Å². The summed E-state index contributed by atoms with van der Waals surface area (Å²) in [4.78, 5) is 93.8. The van der Waals surface area contributed by atoms with E-state index in [4.69, 9.17) is 106 Å². The predicted octanol–water partition coefficient (Wildman–Crippen LogP) is -22.9. The molecule has 14 bridgehead atoms. The highest BCUT2D eigenvalue weighted by Crippen LogP contribution is 2.41. The molecule has 21 aliphatic rings. The maximum atomic E-state index is 13.4. The van der Waals surface area contributed by atoms with E-state index in [1.165, 1.54) is 0 Å². The van der Waals surface area contributed by atoms with Crippen LogP contribution in [0.4, 0.5) is 0 Å². The van der Waals surface area contributed by atoms with Crippen LogP contribution >= 0.6 is 0 Å². The van der Waals surface area contributed by atoms with Crippen molar-refractivity contribution in [1.29, 1.82) is 0 Å². The largest absolute Gasteiger partial charge is 0.387 e. The van der Waals surface area contributed by atoms with Gasteiger partial charge in [0.2, 0.25) is 0 Å². The number of ether oxygens (including phenoxy) is 14. The van der Waals surface area contributed by atoms with Gasteiger partial charge in [-0.25, -0.2) is 28.1 Å². The van der Waals surface area contributed by atoms with Crippen molar-refractivity contribution in [3.05, 3.63) is 83.2 Å². The minimum atomic E-state index is -2.46. The Morgan fingerprint density at radius 3 is 0.592 bits per heavy atom. The molecule has 70 nitrogen and oxygen atoms in total. The average Bonchev–Trinajstić information content (AvgIpc) is 1.74. The minimum absolute atomic E-state index is 0.00974. The summed E-state index contributed by atoms with van der Waals surface area (Å²) < 4.78 is 98.0. The average molecular weight is 2100 g/mol. The molecule has 21 fully saturated rings. The van der Waals surface area contributed by atoms with Crippen LogP contribution in [0.1, 0.15) is 73.4 Å². The number of nitrogens with two attached hydrogens (primary N) is 7. The number of carbonyl (C=O) groups excluding carboxylic acids is 7. The first-order valence-corrected chi connectivity index (χ1v) is 46.6. The molecule has 7 amide bonds. The minimum Gasteiger partial charge on any atom is -0.387 e. The lowest BCUT2D eigenvalue weighted by Crippen LogP contribution is -2.69. The monoisotopic (exact) mass is 2090 g/mol. The molecule has 0 aromatic carbocycles. The molecular weight excluding hydrogens is 1980 g/mol. The Hall–Kier alpha value is -11.1. The van der Waals surface area contributed by atoms with Crippen LogP contribution in [0.3, 0.4) is 0 Å². The number of hydrogen-bond acceptors (Lipinski definition) is 55. The Morgan fingerprint density at radius 1 is 0.252 bits per heavy atom. The molecule has 7 aromatic rings. The van der Waals surface area contributed by atoms with Gasteiger partial charge in [0.15, 0.2) is 84.4 Å². The number of nitrogens with one attached hydrogen (secondary N) is 8. The number of hydrogen-bond donors (Lipinski definition) is 29. The van der Waals surface area contributed by atoms with E-state index in [0.717, 1.165) is 76.2 Å². The quantitative estimate of drug-likeness (QED) is 0.0164. The number of aromatic nitrogens is 21. The summed E-state index contributed by atoms with van der Waals surface area (Å²) >= 11 is 0. The van der Waals surface area contributed by atoms with Gasteiger partial charge in [-0.1, -0.05) is 36.5 Å². The molecule has 0 spiro atoms. The first-order valence-electron chi connectivity index (χ1n) is 46.6. The SMILES string of the molecule is NCCNC(=O)c1cn(CC2O[C@@H]3O[C@@H]4C(Cn5cc(C(=O)NCCN)nn5)O[C@@H](O[C@@H]5C(Cn6cc(C(=O)NCCN)nn6)O[C@H](O[C@@H]6C(C[n+]7cc(C(=O)NCCN)n[nH]7)O[C@@H](O[C@@H]7C(Cn8cc(C(=O)NCCN)nn8)O[C@@H](O[C@@H]8C(Cn9cc(C(=O)NCCN)nn9)O[C@@H](O[C@@H]9C(Cn%10cc(C(=O)NCCN)nn%10)O[C@H](O[C@H]2[C@H](O)C3O)C(O)[C@H]9O)C(O)[C@H]8O)C(O)[C@H]7O)C(O)[C@H]6O)C(O)[C@H]5O)C(O)[C@H]4O)nn1. The van der Waals surface area contributed by atoms with Crippen LogP contribution in [0.15, 0.2) is 43.4 Å². The van der Waals surface area contributed by atoms with Crippen molar-refractivity contribution in [2.45, 2.75) is 261 Å². The fourth-order valence-corrected chi connectivity index (χ4v) is 17.1. The molecule has 0 aliphatic carbocycles. The van der Waals surface area contributed by atoms with E-state index in [1.54, 1.807) is 0 Å². The fraction of sp³-hybridized carbons (Fsp3) is 0.727. The lowest BCUT2D eigenvalue weighted by atomic mass is 9.94. The van der Waals surface area contributed by atoms with Gasteiger partial charge in [-0.3, -0.25) is 33.6 Å². The third-order valence-electron chi connectivity index (χ3n) is 24.5. The van der Waals surface area contributed by atoms with Crippen molar-refractivity contribution in [2.75, 3.05) is 91.6 Å². The first kappa shape index (κ1) is 110. The van der Waals surface area contributed by atoms with Crippen LogP contribution in [0, 0.1) is 0 Å². The van der Waals surface area contributed by atoms with Crippen molar-refractivity contribution in [1.82, 2.24) is 137 Å². The maximum Gasteiger partial charge on any atom is 0.305 e. The number of rotatable bonds is 35. The molecule has 28 rings (SSSR count). The summed E-state index contributed by atoms with van der Waals surface area (Å²) in [5, 5.41) is 251. The van der Waals surface area contributed by atoms with E-state index in [9.17, 15) is 105 Å². The molecule has 28 heterocycles. The Morgan fingerprint density at radius 2 is 0.415 bits per heavy atom. The highest BCUT2D eigenvalue weighted by Gasteiger charge is 2.61. The zero-order chi connectivity index (χ0) is 105. The summed E-state index contributed by atoms with van der Waals surface area (Å²) in [7, 11) is 0. The van der Waals surface area contributed by atoms with Crippen molar-refractivity contribution >= 4 is 41.4 Å². The summed E-state index contributed by atoms with van der Waals surface area (Å²) in [6, 6.07) is 0. The van der Waals surface area contributed by atoms with Crippen LogP contribution in [-0.4, -0.2) is 520 Å². The van der Waals surface area contributed by atoms with Gasteiger partial charge in [-0.15, -0.1) is 30.6 Å². The Kier molecular flexibility index (Phi) is 37.4. The van der Waals surface area contributed by atoms with Crippen molar-refractivity contribution in [3.8, 4) is 0 Å². The highest BCUT2D eigenvalue weighted by atomic mass is 16.8. The topological polar surface area (TPSA) is 1020 Å². The third kappa shape index (κ3) is 25.8. The summed E-state index contributed by atoms with van der Waals surface area (Å²) in [6.45, 7) is -5.45. The van der Waals surface area contributed by atoms with Gasteiger partial charge in [-0.05, 0) is 0 Å².